The van der Waals surface area contributed by atoms with Crippen LogP contribution >= 0.6 is 0 Å². The molecule has 1 aromatic heterocycles. The summed E-state index contributed by atoms with van der Waals surface area (Å²) in [4.78, 5) is 11.5. The van der Waals surface area contributed by atoms with Crippen molar-refractivity contribution in [1.82, 2.24) is 9.88 Å². The van der Waals surface area contributed by atoms with E-state index in [1.165, 1.54) is 0 Å². The van der Waals surface area contributed by atoms with Gasteiger partial charge in [-0.25, -0.2) is 0 Å². The molecule has 1 rings (SSSR count). The number of carbonyl (C=O) groups is 1. The molecule has 4 heteroatoms. The van der Waals surface area contributed by atoms with E-state index in [0.717, 1.165) is 0 Å². The molecule has 4 nitrogen and oxygen atoms in total. The van der Waals surface area contributed by atoms with Gasteiger partial charge >= 0.3 is 0 Å². The maximum absolute atomic E-state index is 11.5. The minimum atomic E-state index is -0.0783. The Morgan fingerprint density at radius 2 is 2.46 bits per heavy atom. The highest BCUT2D eigenvalue weighted by atomic mass is 16.2. The first-order chi connectivity index (χ1) is 6.15. The van der Waals surface area contributed by atoms with Crippen molar-refractivity contribution in [2.45, 2.75) is 13.0 Å². The van der Waals surface area contributed by atoms with Crippen molar-refractivity contribution in [3.63, 3.8) is 0 Å². The second-order valence-corrected chi connectivity index (χ2v) is 3.11. The van der Waals surface area contributed by atoms with Crippen molar-refractivity contribution in [3.8, 4) is 0 Å². The zero-order valence-electron chi connectivity index (χ0n) is 7.95. The van der Waals surface area contributed by atoms with Gasteiger partial charge in [-0.05, 0) is 19.1 Å². The summed E-state index contributed by atoms with van der Waals surface area (Å²) in [6.07, 6.45) is 1.84. The molecule has 0 aromatic carbocycles. The van der Waals surface area contributed by atoms with Crippen LogP contribution in [-0.2, 0) is 7.05 Å². The second-order valence-electron chi connectivity index (χ2n) is 3.11. The molecule has 0 spiro atoms. The number of hydrogen-bond donors (Lipinski definition) is 2. The summed E-state index contributed by atoms with van der Waals surface area (Å²) < 4.78 is 1.78. The van der Waals surface area contributed by atoms with Crippen LogP contribution in [0.2, 0.25) is 0 Å². The van der Waals surface area contributed by atoms with Gasteiger partial charge in [-0.2, -0.15) is 0 Å². The van der Waals surface area contributed by atoms with Gasteiger partial charge in [-0.15, -0.1) is 0 Å². The topological polar surface area (TPSA) is 60.0 Å². The molecule has 3 N–H and O–H groups in total. The summed E-state index contributed by atoms with van der Waals surface area (Å²) in [5.41, 5.74) is 6.04. The summed E-state index contributed by atoms with van der Waals surface area (Å²) in [5.74, 6) is -0.0783. The highest BCUT2D eigenvalue weighted by molar-refractivity contribution is 5.92. The van der Waals surface area contributed by atoms with Gasteiger partial charge in [0.15, 0.2) is 0 Å². The largest absolute Gasteiger partial charge is 0.347 e. The maximum atomic E-state index is 11.5. The molecule has 1 unspecified atom stereocenters. The molecule has 0 aliphatic heterocycles. The summed E-state index contributed by atoms with van der Waals surface area (Å²) in [6.45, 7) is 2.33. The van der Waals surface area contributed by atoms with E-state index in [-0.39, 0.29) is 11.9 Å². The molecular formula is C9H15N3O. The first kappa shape index (κ1) is 9.80. The first-order valence-electron chi connectivity index (χ1n) is 4.27. The summed E-state index contributed by atoms with van der Waals surface area (Å²) in [7, 11) is 1.84. The number of nitrogens with one attached hydrogen (secondary N) is 1. The fourth-order valence-electron chi connectivity index (χ4n) is 1.05. The lowest BCUT2D eigenvalue weighted by Crippen LogP contribution is -2.38. The van der Waals surface area contributed by atoms with Gasteiger partial charge in [-0.1, -0.05) is 0 Å². The molecule has 1 heterocycles. The lowest BCUT2D eigenvalue weighted by molar-refractivity contribution is 0.0933. The van der Waals surface area contributed by atoms with E-state index in [1.54, 1.807) is 10.6 Å². The van der Waals surface area contributed by atoms with Crippen LogP contribution in [0.1, 0.15) is 17.4 Å². The average Bonchev–Trinajstić information content (AvgIpc) is 2.51. The molecular weight excluding hydrogens is 166 g/mol. The zero-order valence-corrected chi connectivity index (χ0v) is 7.95. The van der Waals surface area contributed by atoms with E-state index in [4.69, 9.17) is 5.73 Å². The fraction of sp³-hybridized carbons (Fsp3) is 0.444. The molecule has 0 saturated carbocycles. The first-order valence-corrected chi connectivity index (χ1v) is 4.27. The summed E-state index contributed by atoms with van der Waals surface area (Å²) in [6, 6.07) is 3.63. The molecule has 0 bridgehead atoms. The normalized spacial score (nSPS) is 12.5. The second kappa shape index (κ2) is 4.09. The number of rotatable bonds is 3. The Balaban J connectivity index is 2.64. The van der Waals surface area contributed by atoms with E-state index >= 15 is 0 Å². The molecule has 0 saturated heterocycles. The lowest BCUT2D eigenvalue weighted by atomic mass is 10.3. The Morgan fingerprint density at radius 1 is 1.77 bits per heavy atom. The van der Waals surface area contributed by atoms with Crippen LogP contribution in [0, 0.1) is 0 Å². The Hall–Kier alpha value is -1.29. The Bertz CT molecular complexity index is 293. The number of nitrogens with two attached hydrogens (primary N) is 1. The molecule has 0 aliphatic carbocycles. The van der Waals surface area contributed by atoms with Crippen LogP contribution < -0.4 is 11.1 Å². The molecule has 0 aliphatic rings. The van der Waals surface area contributed by atoms with E-state index < -0.39 is 0 Å². The van der Waals surface area contributed by atoms with Gasteiger partial charge < -0.3 is 15.6 Å². The highest BCUT2D eigenvalue weighted by Gasteiger charge is 2.10. The molecule has 0 fully saturated rings. The third-order valence-electron chi connectivity index (χ3n) is 1.91. The number of nitrogens with zero attached hydrogens (tertiary/aromatic N) is 1. The van der Waals surface area contributed by atoms with Crippen molar-refractivity contribution in [1.29, 1.82) is 0 Å². The standard InChI is InChI=1S/C9H15N3O/c1-7(6-10)11-9(13)8-4-3-5-12(8)2/h3-5,7H,6,10H2,1-2H3,(H,11,13). The lowest BCUT2D eigenvalue weighted by Gasteiger charge is -2.11. The summed E-state index contributed by atoms with van der Waals surface area (Å²) in [5, 5.41) is 2.79. The molecule has 1 amide bonds. The number of aryl methyl sites for hydroxylation is 1. The van der Waals surface area contributed by atoms with Crippen LogP contribution in [0.25, 0.3) is 0 Å². The van der Waals surface area contributed by atoms with Crippen LogP contribution in [0.4, 0.5) is 0 Å². The fourth-order valence-corrected chi connectivity index (χ4v) is 1.05. The minimum absolute atomic E-state index is 0.0161. The molecule has 1 atom stereocenters. The smallest absolute Gasteiger partial charge is 0.268 e. The van der Waals surface area contributed by atoms with Gasteiger partial charge in [0.1, 0.15) is 5.69 Å². The van der Waals surface area contributed by atoms with Crippen molar-refractivity contribution in [2.75, 3.05) is 6.54 Å². The Labute approximate surface area is 77.7 Å². The van der Waals surface area contributed by atoms with Crippen molar-refractivity contribution in [2.24, 2.45) is 12.8 Å². The SMILES string of the molecule is CC(CN)NC(=O)c1cccn1C. The maximum Gasteiger partial charge on any atom is 0.268 e. The van der Waals surface area contributed by atoms with Crippen molar-refractivity contribution < 1.29 is 4.79 Å². The van der Waals surface area contributed by atoms with E-state index in [9.17, 15) is 4.79 Å². The van der Waals surface area contributed by atoms with Gasteiger partial charge in [-0.3, -0.25) is 4.79 Å². The van der Waals surface area contributed by atoms with E-state index in [0.29, 0.717) is 12.2 Å². The van der Waals surface area contributed by atoms with Crippen LogP contribution in [0.15, 0.2) is 18.3 Å². The quantitative estimate of drug-likeness (QED) is 0.695. The Morgan fingerprint density at radius 3 is 2.92 bits per heavy atom. The third-order valence-corrected chi connectivity index (χ3v) is 1.91. The highest BCUT2D eigenvalue weighted by Crippen LogP contribution is 1.99. The van der Waals surface area contributed by atoms with Crippen molar-refractivity contribution in [3.05, 3.63) is 24.0 Å². The van der Waals surface area contributed by atoms with E-state index in [2.05, 4.69) is 5.32 Å². The van der Waals surface area contributed by atoms with Crippen LogP contribution in [-0.4, -0.2) is 23.1 Å². The monoisotopic (exact) mass is 181 g/mol. The van der Waals surface area contributed by atoms with Crippen molar-refractivity contribution >= 4 is 5.91 Å². The van der Waals surface area contributed by atoms with Gasteiger partial charge in [0.05, 0.1) is 0 Å². The minimum Gasteiger partial charge on any atom is -0.347 e. The van der Waals surface area contributed by atoms with Crippen LogP contribution in [0.3, 0.4) is 0 Å². The summed E-state index contributed by atoms with van der Waals surface area (Å²) >= 11 is 0. The molecule has 72 valence electrons. The average molecular weight is 181 g/mol. The zero-order chi connectivity index (χ0) is 9.84. The number of carbonyl (C=O) groups excluding carboxylic acids is 1. The number of amides is 1. The predicted octanol–water partition coefficient (Wildman–Crippen LogP) is 0.102. The van der Waals surface area contributed by atoms with Crippen LogP contribution in [0.5, 0.6) is 0 Å². The number of aromatic nitrogens is 1. The number of hydrogen-bond acceptors (Lipinski definition) is 2. The van der Waals surface area contributed by atoms with Gasteiger partial charge in [0.25, 0.3) is 5.91 Å². The predicted molar refractivity (Wildman–Crippen MR) is 51.4 cm³/mol. The molecule has 0 radical (unpaired) electrons. The molecule has 1 aromatic rings. The Kier molecular flexibility index (Phi) is 3.08. The molecule has 13 heavy (non-hydrogen) atoms. The third kappa shape index (κ3) is 2.32. The van der Waals surface area contributed by atoms with Gasteiger partial charge in [0, 0.05) is 25.8 Å². The van der Waals surface area contributed by atoms with Gasteiger partial charge in [0.2, 0.25) is 0 Å². The van der Waals surface area contributed by atoms with E-state index in [1.807, 2.05) is 26.2 Å².